The number of aromatic nitrogens is 1. The zero-order valence-electron chi connectivity index (χ0n) is 15.4. The Hall–Kier alpha value is -2.31. The zero-order valence-corrected chi connectivity index (χ0v) is 15.4. The van der Waals surface area contributed by atoms with Gasteiger partial charge in [0.25, 0.3) is 5.91 Å². The predicted molar refractivity (Wildman–Crippen MR) is 101 cm³/mol. The molecule has 0 saturated carbocycles. The molecule has 6 heteroatoms. The number of nitrogens with one attached hydrogen (secondary N) is 2. The quantitative estimate of drug-likeness (QED) is 0.856. The molecule has 2 unspecified atom stereocenters. The van der Waals surface area contributed by atoms with Crippen LogP contribution in [0.3, 0.4) is 0 Å². The van der Waals surface area contributed by atoms with Gasteiger partial charge in [0.1, 0.15) is 5.82 Å². The number of nitrogens with zero attached hydrogens (tertiary/aromatic N) is 1. The average molecular weight is 369 g/mol. The maximum Gasteiger partial charge on any atom is 0.251 e. The number of ether oxygens (including phenoxy) is 1. The summed E-state index contributed by atoms with van der Waals surface area (Å²) in [7, 11) is 0. The van der Waals surface area contributed by atoms with Gasteiger partial charge in [0, 0.05) is 42.6 Å². The third-order valence-corrected chi connectivity index (χ3v) is 5.51. The normalized spacial score (nSPS) is 27.3. The summed E-state index contributed by atoms with van der Waals surface area (Å²) in [6, 6.07) is 1.47. The summed E-state index contributed by atoms with van der Waals surface area (Å²) < 4.78 is 19.2. The molecule has 0 aromatic carbocycles. The first kappa shape index (κ1) is 18.1. The Balaban J connectivity index is 1.57. The second kappa shape index (κ2) is 7.37. The van der Waals surface area contributed by atoms with Crippen molar-refractivity contribution >= 4 is 11.5 Å². The fourth-order valence-electron chi connectivity index (χ4n) is 3.92. The van der Waals surface area contributed by atoms with Gasteiger partial charge in [-0.15, -0.1) is 0 Å². The van der Waals surface area contributed by atoms with Crippen molar-refractivity contribution < 1.29 is 13.9 Å². The lowest BCUT2D eigenvalue weighted by molar-refractivity contribution is -0.117. The predicted octanol–water partition coefficient (Wildman–Crippen LogP) is 2.52. The first-order chi connectivity index (χ1) is 13.0. The molecular formula is C21H24FN3O2. The van der Waals surface area contributed by atoms with Gasteiger partial charge in [-0.25, -0.2) is 4.39 Å². The highest BCUT2D eigenvalue weighted by Crippen LogP contribution is 2.38. The van der Waals surface area contributed by atoms with Crippen molar-refractivity contribution in [1.29, 1.82) is 0 Å². The number of carbonyl (C=O) groups excluding carboxylic acids is 1. The summed E-state index contributed by atoms with van der Waals surface area (Å²) in [4.78, 5) is 16.8. The van der Waals surface area contributed by atoms with Gasteiger partial charge in [-0.05, 0) is 49.5 Å². The summed E-state index contributed by atoms with van der Waals surface area (Å²) in [6.07, 6.45) is 11.7. The molecule has 0 spiro atoms. The first-order valence-corrected chi connectivity index (χ1v) is 9.44. The Bertz CT molecular complexity index is 840. The number of hydrogen-bond donors (Lipinski definition) is 2. The van der Waals surface area contributed by atoms with E-state index < -0.39 is 0 Å². The number of rotatable bonds is 4. The molecule has 1 saturated heterocycles. The number of amides is 1. The van der Waals surface area contributed by atoms with E-state index >= 15 is 0 Å². The Morgan fingerprint density at radius 3 is 3.11 bits per heavy atom. The van der Waals surface area contributed by atoms with Crippen LogP contribution in [0.15, 0.2) is 47.8 Å². The maximum absolute atomic E-state index is 13.6. The lowest BCUT2D eigenvalue weighted by Crippen LogP contribution is -2.50. The smallest absolute Gasteiger partial charge is 0.251 e. The van der Waals surface area contributed by atoms with E-state index in [0.29, 0.717) is 24.2 Å². The van der Waals surface area contributed by atoms with E-state index in [-0.39, 0.29) is 23.4 Å². The fourth-order valence-corrected chi connectivity index (χ4v) is 3.92. The van der Waals surface area contributed by atoms with Gasteiger partial charge in [-0.3, -0.25) is 9.78 Å². The molecule has 2 N–H and O–H groups in total. The molecular weight excluding hydrogens is 345 g/mol. The average Bonchev–Trinajstić information content (AvgIpc) is 3.18. The molecule has 3 heterocycles. The molecule has 142 valence electrons. The summed E-state index contributed by atoms with van der Waals surface area (Å²) >= 11 is 0. The highest BCUT2D eigenvalue weighted by Gasteiger charge is 2.37. The van der Waals surface area contributed by atoms with Gasteiger partial charge in [-0.1, -0.05) is 12.2 Å². The second-order valence-corrected chi connectivity index (χ2v) is 7.49. The molecule has 0 bridgehead atoms. The van der Waals surface area contributed by atoms with Crippen LogP contribution in [-0.2, 0) is 9.53 Å². The van der Waals surface area contributed by atoms with Gasteiger partial charge in [0.15, 0.2) is 0 Å². The standard InChI is InChI=1S/C21H24FN3O2/c1-21-6-4-14(15-9-16(22)12-23-11-15)10-19(21)18(5-7-25-21)20(26)24-13-17-3-2-8-27-17/h4-5,9-12,17,25H,2-3,6-8,13H2,1H3,(H,24,26). The van der Waals surface area contributed by atoms with Gasteiger partial charge < -0.3 is 15.4 Å². The van der Waals surface area contributed by atoms with Gasteiger partial charge in [0.05, 0.1) is 12.3 Å². The molecule has 27 heavy (non-hydrogen) atoms. The van der Waals surface area contributed by atoms with Crippen LogP contribution in [0.25, 0.3) is 5.57 Å². The second-order valence-electron chi connectivity index (χ2n) is 7.49. The summed E-state index contributed by atoms with van der Waals surface area (Å²) in [6.45, 7) is 4.04. The summed E-state index contributed by atoms with van der Waals surface area (Å²) in [5.74, 6) is -0.449. The van der Waals surface area contributed by atoms with Crippen LogP contribution in [0.5, 0.6) is 0 Å². The third kappa shape index (κ3) is 3.73. The molecule has 1 aromatic rings. The molecule has 1 aromatic heterocycles. The number of carbonyl (C=O) groups is 1. The van der Waals surface area contributed by atoms with E-state index in [1.54, 1.807) is 6.20 Å². The minimum Gasteiger partial charge on any atom is -0.376 e. The largest absolute Gasteiger partial charge is 0.376 e. The van der Waals surface area contributed by atoms with E-state index in [4.69, 9.17) is 4.74 Å². The zero-order chi connectivity index (χ0) is 18.9. The van der Waals surface area contributed by atoms with Crippen LogP contribution < -0.4 is 10.6 Å². The van der Waals surface area contributed by atoms with Crippen molar-refractivity contribution in [2.75, 3.05) is 19.7 Å². The molecule has 2 atom stereocenters. The van der Waals surface area contributed by atoms with Crippen LogP contribution in [0.4, 0.5) is 4.39 Å². The first-order valence-electron chi connectivity index (χ1n) is 9.44. The lowest BCUT2D eigenvalue weighted by Gasteiger charge is -2.39. The minimum absolute atomic E-state index is 0.0805. The number of fused-ring (bicyclic) bond motifs is 1. The van der Waals surface area contributed by atoms with E-state index in [0.717, 1.165) is 37.0 Å². The van der Waals surface area contributed by atoms with Gasteiger partial charge in [-0.2, -0.15) is 0 Å². The summed E-state index contributed by atoms with van der Waals surface area (Å²) in [5.41, 5.74) is 2.91. The number of halogens is 1. The van der Waals surface area contributed by atoms with E-state index in [2.05, 4.69) is 28.6 Å². The van der Waals surface area contributed by atoms with Crippen LogP contribution in [0.2, 0.25) is 0 Å². The van der Waals surface area contributed by atoms with Crippen molar-refractivity contribution in [2.45, 2.75) is 37.8 Å². The third-order valence-electron chi connectivity index (χ3n) is 5.51. The number of pyridine rings is 1. The van der Waals surface area contributed by atoms with E-state index in [1.165, 1.54) is 12.3 Å². The van der Waals surface area contributed by atoms with Crippen molar-refractivity contribution in [3.63, 3.8) is 0 Å². The van der Waals surface area contributed by atoms with Crippen molar-refractivity contribution in [3.05, 3.63) is 59.2 Å². The van der Waals surface area contributed by atoms with Crippen molar-refractivity contribution in [3.8, 4) is 0 Å². The lowest BCUT2D eigenvalue weighted by atomic mass is 9.75. The molecule has 1 fully saturated rings. The van der Waals surface area contributed by atoms with Crippen LogP contribution >= 0.6 is 0 Å². The van der Waals surface area contributed by atoms with Gasteiger partial charge >= 0.3 is 0 Å². The van der Waals surface area contributed by atoms with Crippen LogP contribution in [-0.4, -0.2) is 42.2 Å². The molecule has 1 aliphatic carbocycles. The summed E-state index contributed by atoms with van der Waals surface area (Å²) in [5, 5.41) is 6.49. The van der Waals surface area contributed by atoms with Crippen molar-refractivity contribution in [2.24, 2.45) is 0 Å². The molecule has 1 amide bonds. The monoisotopic (exact) mass is 369 g/mol. The Morgan fingerprint density at radius 2 is 2.33 bits per heavy atom. The maximum atomic E-state index is 13.6. The topological polar surface area (TPSA) is 63.2 Å². The Labute approximate surface area is 158 Å². The Morgan fingerprint density at radius 1 is 1.44 bits per heavy atom. The molecule has 0 radical (unpaired) electrons. The highest BCUT2D eigenvalue weighted by atomic mass is 19.1. The van der Waals surface area contributed by atoms with Crippen LogP contribution in [0.1, 0.15) is 31.7 Å². The number of allylic oxidation sites excluding steroid dienone is 2. The highest BCUT2D eigenvalue weighted by molar-refractivity contribution is 6.00. The van der Waals surface area contributed by atoms with Gasteiger partial charge in [0.2, 0.25) is 0 Å². The SMILES string of the molecule is CC12CC=C(c3cncc(F)c3)C=C1C(C(=O)NCC1CCCO1)=CCN2. The molecule has 4 rings (SSSR count). The van der Waals surface area contributed by atoms with Crippen molar-refractivity contribution in [1.82, 2.24) is 15.6 Å². The molecule has 3 aliphatic rings. The fraction of sp³-hybridized carbons (Fsp3) is 0.429. The Kier molecular flexibility index (Phi) is 4.93. The van der Waals surface area contributed by atoms with Crippen LogP contribution in [0, 0.1) is 5.82 Å². The number of hydrogen-bond acceptors (Lipinski definition) is 4. The van der Waals surface area contributed by atoms with E-state index in [9.17, 15) is 9.18 Å². The molecule has 2 aliphatic heterocycles. The molecule has 5 nitrogen and oxygen atoms in total. The van der Waals surface area contributed by atoms with E-state index in [1.807, 2.05) is 12.2 Å². The minimum atomic E-state index is -0.369.